The Balaban J connectivity index is 2.31. The zero-order valence-electron chi connectivity index (χ0n) is 10.8. The lowest BCUT2D eigenvalue weighted by Gasteiger charge is -2.18. The molecular formula is C14H14BrNO3. The zero-order chi connectivity index (χ0) is 14.2. The molecule has 1 aromatic rings. The summed E-state index contributed by atoms with van der Waals surface area (Å²) in [5.41, 5.74) is 2.01. The highest BCUT2D eigenvalue weighted by Gasteiger charge is 2.36. The molecule has 19 heavy (non-hydrogen) atoms. The van der Waals surface area contributed by atoms with Crippen molar-refractivity contribution in [1.82, 2.24) is 0 Å². The van der Waals surface area contributed by atoms with Gasteiger partial charge in [-0.1, -0.05) is 15.9 Å². The number of rotatable bonds is 4. The SMILES string of the molecule is CC(=O)CCCN1C(=O)C(=O)c2cc(Br)cc(C)c21. The van der Waals surface area contributed by atoms with Crippen LogP contribution in [0.2, 0.25) is 0 Å². The fraction of sp³-hybridized carbons (Fsp3) is 0.357. The van der Waals surface area contributed by atoms with Crippen molar-refractivity contribution in [1.29, 1.82) is 0 Å². The molecule has 100 valence electrons. The monoisotopic (exact) mass is 323 g/mol. The standard InChI is InChI=1S/C14H14BrNO3/c1-8-6-10(15)7-11-12(8)16(14(19)13(11)18)5-3-4-9(2)17/h6-7H,3-5H2,1-2H3. The highest BCUT2D eigenvalue weighted by Crippen LogP contribution is 2.35. The summed E-state index contributed by atoms with van der Waals surface area (Å²) in [5.74, 6) is -0.882. The van der Waals surface area contributed by atoms with E-state index in [-0.39, 0.29) is 5.78 Å². The van der Waals surface area contributed by atoms with Crippen molar-refractivity contribution in [3.63, 3.8) is 0 Å². The minimum atomic E-state index is -0.500. The summed E-state index contributed by atoms with van der Waals surface area (Å²) in [6, 6.07) is 3.55. The Hall–Kier alpha value is -1.49. The molecule has 5 heteroatoms. The van der Waals surface area contributed by atoms with Crippen molar-refractivity contribution >= 4 is 39.1 Å². The molecule has 0 saturated heterocycles. The number of hydrogen-bond donors (Lipinski definition) is 0. The Labute approximate surface area is 119 Å². The second-order valence-corrected chi connectivity index (χ2v) is 5.63. The third-order valence-corrected chi connectivity index (χ3v) is 3.59. The van der Waals surface area contributed by atoms with E-state index in [4.69, 9.17) is 0 Å². The van der Waals surface area contributed by atoms with Gasteiger partial charge in [-0.3, -0.25) is 9.59 Å². The van der Waals surface area contributed by atoms with E-state index >= 15 is 0 Å². The number of fused-ring (bicyclic) bond motifs is 1. The van der Waals surface area contributed by atoms with Gasteiger partial charge in [0.05, 0.1) is 11.3 Å². The molecule has 0 aromatic heterocycles. The second kappa shape index (κ2) is 5.25. The average molecular weight is 324 g/mol. The quantitative estimate of drug-likeness (QED) is 0.800. The van der Waals surface area contributed by atoms with E-state index in [9.17, 15) is 14.4 Å². The van der Waals surface area contributed by atoms with Crippen LogP contribution in [0.15, 0.2) is 16.6 Å². The predicted molar refractivity (Wildman–Crippen MR) is 75.5 cm³/mol. The van der Waals surface area contributed by atoms with Gasteiger partial charge in [0.2, 0.25) is 0 Å². The number of halogens is 1. The maximum atomic E-state index is 12.0. The molecular weight excluding hydrogens is 310 g/mol. The third kappa shape index (κ3) is 2.61. The first-order chi connectivity index (χ1) is 8.91. The molecule has 0 atom stereocenters. The number of hydrogen-bond acceptors (Lipinski definition) is 3. The molecule has 1 heterocycles. The van der Waals surface area contributed by atoms with Crippen molar-refractivity contribution in [2.24, 2.45) is 0 Å². The zero-order valence-corrected chi connectivity index (χ0v) is 12.4. The molecule has 1 aromatic carbocycles. The van der Waals surface area contributed by atoms with Crippen LogP contribution in [0.25, 0.3) is 0 Å². The average Bonchev–Trinajstić information content (AvgIpc) is 2.54. The highest BCUT2D eigenvalue weighted by molar-refractivity contribution is 9.10. The molecule has 1 aliphatic heterocycles. The summed E-state index contributed by atoms with van der Waals surface area (Å²) in [7, 11) is 0. The van der Waals surface area contributed by atoms with Crippen LogP contribution in [0.5, 0.6) is 0 Å². The van der Waals surface area contributed by atoms with Gasteiger partial charge in [0.25, 0.3) is 11.7 Å². The van der Waals surface area contributed by atoms with Crippen LogP contribution in [-0.4, -0.2) is 24.0 Å². The van der Waals surface area contributed by atoms with Gasteiger partial charge in [0.15, 0.2) is 0 Å². The Morgan fingerprint density at radius 1 is 1.32 bits per heavy atom. The normalized spacial score (nSPS) is 13.9. The lowest BCUT2D eigenvalue weighted by atomic mass is 10.1. The van der Waals surface area contributed by atoms with Crippen LogP contribution in [0, 0.1) is 6.92 Å². The third-order valence-electron chi connectivity index (χ3n) is 3.13. The van der Waals surface area contributed by atoms with E-state index < -0.39 is 11.7 Å². The molecule has 0 aliphatic carbocycles. The number of carbonyl (C=O) groups is 3. The minimum Gasteiger partial charge on any atom is -0.304 e. The summed E-state index contributed by atoms with van der Waals surface area (Å²) in [4.78, 5) is 36.3. The Morgan fingerprint density at radius 2 is 2.00 bits per heavy atom. The van der Waals surface area contributed by atoms with Crippen LogP contribution in [0.4, 0.5) is 5.69 Å². The van der Waals surface area contributed by atoms with Gasteiger partial charge in [-0.15, -0.1) is 0 Å². The molecule has 0 saturated carbocycles. The van der Waals surface area contributed by atoms with Gasteiger partial charge < -0.3 is 9.69 Å². The van der Waals surface area contributed by atoms with Crippen molar-refractivity contribution < 1.29 is 14.4 Å². The summed E-state index contributed by atoms with van der Waals surface area (Å²) in [5, 5.41) is 0. The molecule has 4 nitrogen and oxygen atoms in total. The van der Waals surface area contributed by atoms with E-state index in [1.54, 1.807) is 6.07 Å². The van der Waals surface area contributed by atoms with E-state index in [0.717, 1.165) is 10.0 Å². The molecule has 1 amide bonds. The number of aryl methyl sites for hydroxylation is 1. The largest absolute Gasteiger partial charge is 0.304 e. The van der Waals surface area contributed by atoms with E-state index in [1.165, 1.54) is 11.8 Å². The van der Waals surface area contributed by atoms with Crippen LogP contribution in [0.3, 0.4) is 0 Å². The summed E-state index contributed by atoms with van der Waals surface area (Å²) >= 11 is 3.33. The number of ketones is 2. The van der Waals surface area contributed by atoms with Crippen LogP contribution < -0.4 is 4.90 Å². The van der Waals surface area contributed by atoms with Crippen molar-refractivity contribution in [3.05, 3.63) is 27.7 Å². The lowest BCUT2D eigenvalue weighted by Crippen LogP contribution is -2.31. The van der Waals surface area contributed by atoms with Crippen molar-refractivity contribution in [2.45, 2.75) is 26.7 Å². The first kappa shape index (κ1) is 13.9. The number of nitrogens with zero attached hydrogens (tertiary/aromatic N) is 1. The molecule has 0 spiro atoms. The Bertz CT molecular complexity index is 580. The number of carbonyl (C=O) groups excluding carboxylic acids is 3. The summed E-state index contributed by atoms with van der Waals surface area (Å²) < 4.78 is 0.787. The summed E-state index contributed by atoms with van der Waals surface area (Å²) in [6.45, 7) is 3.79. The van der Waals surface area contributed by atoms with Gasteiger partial charge >= 0.3 is 0 Å². The smallest absolute Gasteiger partial charge is 0.299 e. The van der Waals surface area contributed by atoms with E-state index in [2.05, 4.69) is 15.9 Å². The highest BCUT2D eigenvalue weighted by atomic mass is 79.9. The van der Waals surface area contributed by atoms with Gasteiger partial charge in [0.1, 0.15) is 5.78 Å². The van der Waals surface area contributed by atoms with Crippen molar-refractivity contribution in [2.75, 3.05) is 11.4 Å². The second-order valence-electron chi connectivity index (χ2n) is 4.71. The summed E-state index contributed by atoms with van der Waals surface area (Å²) in [6.07, 6.45) is 0.992. The fourth-order valence-corrected chi connectivity index (χ4v) is 2.88. The maximum absolute atomic E-state index is 12.0. The molecule has 0 fully saturated rings. The van der Waals surface area contributed by atoms with E-state index in [1.807, 2.05) is 13.0 Å². The lowest BCUT2D eigenvalue weighted by molar-refractivity contribution is -0.117. The first-order valence-electron chi connectivity index (χ1n) is 6.07. The predicted octanol–water partition coefficient (Wildman–Crippen LogP) is 2.66. The molecule has 1 aliphatic rings. The first-order valence-corrected chi connectivity index (χ1v) is 6.87. The van der Waals surface area contributed by atoms with Gasteiger partial charge in [-0.05, 0) is 38.0 Å². The maximum Gasteiger partial charge on any atom is 0.299 e. The van der Waals surface area contributed by atoms with Crippen LogP contribution in [0.1, 0.15) is 35.7 Å². The number of benzene rings is 1. The molecule has 0 N–H and O–H groups in total. The molecule has 0 unspecified atom stereocenters. The van der Waals surface area contributed by atoms with E-state index in [0.29, 0.717) is 30.6 Å². The molecule has 0 bridgehead atoms. The van der Waals surface area contributed by atoms with Gasteiger partial charge in [-0.25, -0.2) is 0 Å². The van der Waals surface area contributed by atoms with Gasteiger partial charge in [-0.2, -0.15) is 0 Å². The molecule has 0 radical (unpaired) electrons. The van der Waals surface area contributed by atoms with Crippen molar-refractivity contribution in [3.8, 4) is 0 Å². The van der Waals surface area contributed by atoms with Crippen LogP contribution in [-0.2, 0) is 9.59 Å². The topological polar surface area (TPSA) is 54.5 Å². The minimum absolute atomic E-state index is 0.0886. The van der Waals surface area contributed by atoms with Crippen LogP contribution >= 0.6 is 15.9 Å². The number of Topliss-reactive ketones (excluding diaryl/α,β-unsaturated/α-hetero) is 2. The van der Waals surface area contributed by atoms with Gasteiger partial charge in [0, 0.05) is 17.4 Å². The Morgan fingerprint density at radius 3 is 2.63 bits per heavy atom. The Kier molecular flexibility index (Phi) is 3.85. The number of amides is 1. The fourth-order valence-electron chi connectivity index (χ4n) is 2.31. The number of anilines is 1. The molecule has 2 rings (SSSR count).